The van der Waals surface area contributed by atoms with Crippen LogP contribution < -0.4 is 4.72 Å². The van der Waals surface area contributed by atoms with Crippen LogP contribution in [-0.4, -0.2) is 24.4 Å². The molecule has 1 aliphatic carbocycles. The second-order valence-corrected chi connectivity index (χ2v) is 7.21. The van der Waals surface area contributed by atoms with Crippen molar-refractivity contribution in [1.29, 1.82) is 0 Å². The van der Waals surface area contributed by atoms with Crippen LogP contribution in [0.4, 0.5) is 8.78 Å². The van der Waals surface area contributed by atoms with Gasteiger partial charge >= 0.3 is 0 Å². The lowest BCUT2D eigenvalue weighted by Gasteiger charge is -2.44. The fourth-order valence-electron chi connectivity index (χ4n) is 2.76. The van der Waals surface area contributed by atoms with Crippen molar-refractivity contribution in [2.24, 2.45) is 7.05 Å². The molecule has 0 saturated heterocycles. The van der Waals surface area contributed by atoms with E-state index in [-0.39, 0.29) is 23.3 Å². The number of nitrogens with zero attached hydrogens (tertiary/aromatic N) is 2. The molecule has 0 aliphatic heterocycles. The van der Waals surface area contributed by atoms with E-state index in [1.165, 1.54) is 35.3 Å². The number of hydrogen-bond acceptors (Lipinski definition) is 3. The van der Waals surface area contributed by atoms with E-state index in [4.69, 9.17) is 0 Å². The summed E-state index contributed by atoms with van der Waals surface area (Å²) in [5.41, 5.74) is -1.09. The van der Waals surface area contributed by atoms with Crippen LogP contribution >= 0.6 is 0 Å². The number of alkyl halides is 1. The first-order chi connectivity index (χ1) is 10.3. The van der Waals surface area contributed by atoms with Gasteiger partial charge in [0.05, 0.1) is 11.7 Å². The number of benzene rings is 1. The Labute approximate surface area is 127 Å². The Morgan fingerprint density at radius 2 is 2.05 bits per heavy atom. The fourth-order valence-corrected chi connectivity index (χ4v) is 4.14. The minimum absolute atomic E-state index is 0.0342. The van der Waals surface area contributed by atoms with Gasteiger partial charge in [0.1, 0.15) is 16.9 Å². The molecule has 5 nitrogen and oxygen atoms in total. The van der Waals surface area contributed by atoms with Gasteiger partial charge in [-0.1, -0.05) is 18.2 Å². The third-order valence-electron chi connectivity index (χ3n) is 3.85. The standard InChI is InChI=1S/C14H15F2N3O2S/c1-19-9-11(8-17-19)22(20,21)18-14(6-10(15)7-14)12-4-2-3-5-13(12)16/h2-5,8-10,18H,6-7H2,1H3. The molecule has 1 aromatic carbocycles. The molecule has 1 N–H and O–H groups in total. The van der Waals surface area contributed by atoms with Crippen LogP contribution in [0.1, 0.15) is 18.4 Å². The summed E-state index contributed by atoms with van der Waals surface area (Å²) in [6, 6.07) is 5.83. The molecule has 0 bridgehead atoms. The van der Waals surface area contributed by atoms with E-state index in [2.05, 4.69) is 9.82 Å². The highest BCUT2D eigenvalue weighted by molar-refractivity contribution is 7.89. The molecule has 1 saturated carbocycles. The number of aromatic nitrogens is 2. The quantitative estimate of drug-likeness (QED) is 0.932. The van der Waals surface area contributed by atoms with Crippen LogP contribution in [0.25, 0.3) is 0 Å². The van der Waals surface area contributed by atoms with Crippen molar-refractivity contribution < 1.29 is 17.2 Å². The summed E-state index contributed by atoms with van der Waals surface area (Å²) in [5, 5.41) is 3.81. The number of halogens is 2. The number of nitrogens with one attached hydrogen (secondary N) is 1. The van der Waals surface area contributed by atoms with Gasteiger partial charge in [0.15, 0.2) is 0 Å². The SMILES string of the molecule is Cn1cc(S(=O)(=O)NC2(c3ccccc3F)CC(F)C2)cn1. The molecular formula is C14H15F2N3O2S. The van der Waals surface area contributed by atoms with Crippen molar-refractivity contribution in [3.63, 3.8) is 0 Å². The first-order valence-electron chi connectivity index (χ1n) is 6.74. The van der Waals surface area contributed by atoms with Crippen LogP contribution in [-0.2, 0) is 22.6 Å². The lowest BCUT2D eigenvalue weighted by atomic mass is 9.71. The average Bonchev–Trinajstić information content (AvgIpc) is 2.84. The molecule has 1 fully saturated rings. The van der Waals surface area contributed by atoms with Crippen molar-refractivity contribution >= 4 is 10.0 Å². The van der Waals surface area contributed by atoms with Crippen molar-refractivity contribution in [2.75, 3.05) is 0 Å². The Balaban J connectivity index is 1.98. The van der Waals surface area contributed by atoms with E-state index in [1.807, 2.05) is 0 Å². The number of sulfonamides is 1. The molecule has 118 valence electrons. The molecule has 0 spiro atoms. The summed E-state index contributed by atoms with van der Waals surface area (Å²) < 4.78 is 56.2. The molecule has 0 unspecified atom stereocenters. The molecule has 1 heterocycles. The number of hydrogen-bond donors (Lipinski definition) is 1. The molecule has 8 heteroatoms. The smallest absolute Gasteiger partial charge is 0.244 e. The van der Waals surface area contributed by atoms with Crippen molar-refractivity contribution in [1.82, 2.24) is 14.5 Å². The van der Waals surface area contributed by atoms with E-state index in [1.54, 1.807) is 13.1 Å². The summed E-state index contributed by atoms with van der Waals surface area (Å²) >= 11 is 0. The summed E-state index contributed by atoms with van der Waals surface area (Å²) in [6.07, 6.45) is 1.20. The van der Waals surface area contributed by atoms with Crippen molar-refractivity contribution in [3.8, 4) is 0 Å². The predicted octanol–water partition coefficient (Wildman–Crippen LogP) is 1.86. The Morgan fingerprint density at radius 1 is 1.36 bits per heavy atom. The molecule has 1 aliphatic rings. The predicted molar refractivity (Wildman–Crippen MR) is 75.7 cm³/mol. The van der Waals surface area contributed by atoms with Crippen molar-refractivity contribution in [3.05, 3.63) is 48.0 Å². The van der Waals surface area contributed by atoms with Gasteiger partial charge in [0.2, 0.25) is 10.0 Å². The Hall–Kier alpha value is -1.80. The highest BCUT2D eigenvalue weighted by Crippen LogP contribution is 2.45. The summed E-state index contributed by atoms with van der Waals surface area (Å²) in [6.45, 7) is 0. The van der Waals surface area contributed by atoms with Gasteiger partial charge in [-0.3, -0.25) is 4.68 Å². The van der Waals surface area contributed by atoms with Crippen LogP contribution in [0.3, 0.4) is 0 Å². The first kappa shape index (κ1) is 15.1. The van der Waals surface area contributed by atoms with Gasteiger partial charge < -0.3 is 0 Å². The summed E-state index contributed by atoms with van der Waals surface area (Å²) in [7, 11) is -2.32. The van der Waals surface area contributed by atoms with Gasteiger partial charge in [-0.05, 0) is 6.07 Å². The van der Waals surface area contributed by atoms with E-state index in [0.29, 0.717) is 0 Å². The zero-order valence-electron chi connectivity index (χ0n) is 11.8. The number of aryl methyl sites for hydroxylation is 1. The molecule has 1 aromatic heterocycles. The minimum atomic E-state index is -3.91. The van der Waals surface area contributed by atoms with Gasteiger partial charge in [-0.25, -0.2) is 21.9 Å². The molecular weight excluding hydrogens is 312 g/mol. The largest absolute Gasteiger partial charge is 0.274 e. The molecule has 0 radical (unpaired) electrons. The normalized spacial score (nSPS) is 25.0. The monoisotopic (exact) mass is 327 g/mol. The Kier molecular flexibility index (Phi) is 3.53. The van der Waals surface area contributed by atoms with Crippen LogP contribution in [0, 0.1) is 5.82 Å². The molecule has 0 atom stereocenters. The second-order valence-electron chi connectivity index (χ2n) is 5.52. The topological polar surface area (TPSA) is 64.0 Å². The van der Waals surface area contributed by atoms with Crippen molar-refractivity contribution in [2.45, 2.75) is 29.4 Å². The highest BCUT2D eigenvalue weighted by atomic mass is 32.2. The van der Waals surface area contributed by atoms with E-state index in [0.717, 1.165) is 0 Å². The summed E-state index contributed by atoms with van der Waals surface area (Å²) in [4.78, 5) is -0.0342. The van der Waals surface area contributed by atoms with E-state index >= 15 is 0 Å². The lowest BCUT2D eigenvalue weighted by Crippen LogP contribution is -2.55. The Morgan fingerprint density at radius 3 is 2.59 bits per heavy atom. The highest BCUT2D eigenvalue weighted by Gasteiger charge is 2.50. The third kappa shape index (κ3) is 2.52. The molecule has 2 aromatic rings. The second kappa shape index (κ2) is 5.13. The number of rotatable bonds is 4. The maximum atomic E-state index is 14.0. The van der Waals surface area contributed by atoms with Crippen LogP contribution in [0.2, 0.25) is 0 Å². The van der Waals surface area contributed by atoms with Gasteiger partial charge in [0.25, 0.3) is 0 Å². The van der Waals surface area contributed by atoms with E-state index in [9.17, 15) is 17.2 Å². The van der Waals surface area contributed by atoms with Gasteiger partial charge in [-0.15, -0.1) is 0 Å². The third-order valence-corrected chi connectivity index (χ3v) is 5.34. The van der Waals surface area contributed by atoms with E-state index < -0.39 is 27.6 Å². The maximum absolute atomic E-state index is 14.0. The molecule has 0 amide bonds. The maximum Gasteiger partial charge on any atom is 0.244 e. The first-order valence-corrected chi connectivity index (χ1v) is 8.22. The zero-order chi connectivity index (χ0) is 16.0. The minimum Gasteiger partial charge on any atom is -0.274 e. The van der Waals surface area contributed by atoms with Crippen LogP contribution in [0.5, 0.6) is 0 Å². The van der Waals surface area contributed by atoms with Gasteiger partial charge in [-0.2, -0.15) is 5.10 Å². The van der Waals surface area contributed by atoms with Gasteiger partial charge in [0, 0.05) is 31.6 Å². The zero-order valence-corrected chi connectivity index (χ0v) is 12.6. The van der Waals surface area contributed by atoms with Crippen LogP contribution in [0.15, 0.2) is 41.6 Å². The Bertz CT molecular complexity index is 798. The fraction of sp³-hybridized carbons (Fsp3) is 0.357. The molecule has 22 heavy (non-hydrogen) atoms. The summed E-state index contributed by atoms with van der Waals surface area (Å²) in [5.74, 6) is -0.553. The molecule has 3 rings (SSSR count). The lowest BCUT2D eigenvalue weighted by molar-refractivity contribution is 0.0816. The average molecular weight is 327 g/mol.